The molecule has 0 bridgehead atoms. The van der Waals surface area contributed by atoms with Crippen molar-refractivity contribution in [3.8, 4) is 0 Å². The van der Waals surface area contributed by atoms with Crippen LogP contribution in [0.25, 0.3) is 0 Å². The van der Waals surface area contributed by atoms with E-state index in [2.05, 4.69) is 4.65 Å². The Hall–Kier alpha value is -0.0151. The molecule has 1 N–H and O–H groups in total. The zero-order valence-electron chi connectivity index (χ0n) is 4.14. The van der Waals surface area contributed by atoms with Crippen molar-refractivity contribution in [2.24, 2.45) is 0 Å². The van der Waals surface area contributed by atoms with Crippen LogP contribution in [0.4, 0.5) is 0 Å². The van der Waals surface area contributed by atoms with E-state index in [-0.39, 0.29) is 0 Å². The van der Waals surface area contributed by atoms with E-state index in [1.165, 1.54) is 7.11 Å². The predicted octanol–water partition coefficient (Wildman–Crippen LogP) is 0.133. The molecule has 6 heavy (non-hydrogen) atoms. The molecule has 36 valence electrons. The largest absolute Gasteiger partial charge is 0.453 e. The zero-order valence-corrected chi connectivity index (χ0v) is 4.14. The summed E-state index contributed by atoms with van der Waals surface area (Å²) in [5.41, 5.74) is 0. The topological polar surface area (TPSA) is 29.5 Å². The molecular weight excluding hydrogens is 78.8 g/mol. The number of hydrogen-bond donors (Lipinski definition) is 1. The van der Waals surface area contributed by atoms with E-state index in [0.717, 1.165) is 0 Å². The molecule has 3 heteroatoms. The van der Waals surface area contributed by atoms with Crippen LogP contribution in [0.3, 0.4) is 0 Å². The molecular formula is C3H9BO2. The molecule has 0 amide bonds. The molecule has 0 aliphatic carbocycles. The lowest BCUT2D eigenvalue weighted by Crippen LogP contribution is -2.11. The molecule has 0 saturated carbocycles. The second kappa shape index (κ2) is 3.19. The van der Waals surface area contributed by atoms with Gasteiger partial charge in [0.1, 0.15) is 0 Å². The van der Waals surface area contributed by atoms with Crippen LogP contribution >= 0.6 is 0 Å². The molecule has 2 nitrogen and oxygen atoms in total. The molecule has 0 aromatic carbocycles. The maximum atomic E-state index is 8.44. The Labute approximate surface area is 38.3 Å². The lowest BCUT2D eigenvalue weighted by molar-refractivity contribution is 0.328. The van der Waals surface area contributed by atoms with E-state index >= 15 is 0 Å². The van der Waals surface area contributed by atoms with Crippen molar-refractivity contribution in [2.45, 2.75) is 13.2 Å². The normalized spacial score (nSPS) is 8.50. The predicted molar refractivity (Wildman–Crippen MR) is 25.5 cm³/mol. The summed E-state index contributed by atoms with van der Waals surface area (Å²) in [5, 5.41) is 8.44. The molecule has 0 aliphatic heterocycles. The lowest BCUT2D eigenvalue weighted by atomic mass is 9.87. The van der Waals surface area contributed by atoms with E-state index in [1.54, 1.807) is 0 Å². The van der Waals surface area contributed by atoms with E-state index in [0.29, 0.717) is 6.32 Å². The molecule has 0 aromatic rings. The summed E-state index contributed by atoms with van der Waals surface area (Å²) in [4.78, 5) is 0. The molecule has 0 rings (SSSR count). The Morgan fingerprint density at radius 1 is 1.83 bits per heavy atom. The third-order valence-electron chi connectivity index (χ3n) is 0.621. The second-order valence-corrected chi connectivity index (χ2v) is 1.10. The fraction of sp³-hybridized carbons (Fsp3) is 1.00. The van der Waals surface area contributed by atoms with Gasteiger partial charge in [-0.3, -0.25) is 0 Å². The van der Waals surface area contributed by atoms with Gasteiger partial charge in [-0.25, -0.2) is 0 Å². The van der Waals surface area contributed by atoms with Crippen LogP contribution in [-0.2, 0) is 4.65 Å². The Morgan fingerprint density at radius 2 is 2.33 bits per heavy atom. The first-order chi connectivity index (χ1) is 2.81. The average Bonchev–Trinajstić information content (AvgIpc) is 1.65. The molecule has 0 radical (unpaired) electrons. The highest BCUT2D eigenvalue weighted by Crippen LogP contribution is 1.82. The lowest BCUT2D eigenvalue weighted by Gasteiger charge is -1.93. The van der Waals surface area contributed by atoms with E-state index in [9.17, 15) is 0 Å². The standard InChI is InChI=1S/C3H9BO2/c1-3-4(5)6-2/h5H,3H2,1-2H3. The number of hydrogen-bond acceptors (Lipinski definition) is 2. The van der Waals surface area contributed by atoms with Crippen molar-refractivity contribution in [1.29, 1.82) is 0 Å². The van der Waals surface area contributed by atoms with Crippen LogP contribution in [0.5, 0.6) is 0 Å². The van der Waals surface area contributed by atoms with Crippen LogP contribution in [0.2, 0.25) is 6.32 Å². The first kappa shape index (κ1) is 5.98. The van der Waals surface area contributed by atoms with Gasteiger partial charge >= 0.3 is 7.12 Å². The quantitative estimate of drug-likeness (QED) is 0.486. The van der Waals surface area contributed by atoms with Crippen molar-refractivity contribution >= 4 is 7.12 Å². The minimum Gasteiger partial charge on any atom is -0.427 e. The molecule has 0 heterocycles. The highest BCUT2D eigenvalue weighted by molar-refractivity contribution is 6.42. The zero-order chi connectivity index (χ0) is 4.99. The van der Waals surface area contributed by atoms with Gasteiger partial charge in [0.2, 0.25) is 0 Å². The van der Waals surface area contributed by atoms with Gasteiger partial charge in [0.15, 0.2) is 0 Å². The number of rotatable bonds is 2. The molecule has 0 atom stereocenters. The molecule has 0 spiro atoms. The second-order valence-electron chi connectivity index (χ2n) is 1.10. The Balaban J connectivity index is 2.75. The average molecular weight is 87.9 g/mol. The monoisotopic (exact) mass is 88.1 g/mol. The SMILES string of the molecule is CCB(O)OC. The fourth-order valence-electron chi connectivity index (χ4n) is 0.167. The first-order valence-electron chi connectivity index (χ1n) is 2.02. The van der Waals surface area contributed by atoms with Crippen LogP contribution in [-0.4, -0.2) is 19.3 Å². The Morgan fingerprint density at radius 3 is 2.33 bits per heavy atom. The van der Waals surface area contributed by atoms with Gasteiger partial charge in [-0.2, -0.15) is 0 Å². The smallest absolute Gasteiger partial charge is 0.427 e. The van der Waals surface area contributed by atoms with Gasteiger partial charge in [0, 0.05) is 7.11 Å². The third kappa shape index (κ3) is 2.24. The van der Waals surface area contributed by atoms with Gasteiger partial charge in [0.05, 0.1) is 0 Å². The van der Waals surface area contributed by atoms with E-state index in [1.807, 2.05) is 6.92 Å². The van der Waals surface area contributed by atoms with Crippen LogP contribution in [0.15, 0.2) is 0 Å². The van der Waals surface area contributed by atoms with Gasteiger partial charge in [-0.05, 0) is 6.32 Å². The molecule has 0 unspecified atom stereocenters. The van der Waals surface area contributed by atoms with Crippen molar-refractivity contribution < 1.29 is 9.68 Å². The van der Waals surface area contributed by atoms with Gasteiger partial charge < -0.3 is 9.68 Å². The highest BCUT2D eigenvalue weighted by Gasteiger charge is 2.02. The highest BCUT2D eigenvalue weighted by atomic mass is 16.5. The Bertz CT molecular complexity index is 28.0. The summed E-state index contributed by atoms with van der Waals surface area (Å²) in [7, 11) is 0.916. The van der Waals surface area contributed by atoms with Crippen LogP contribution in [0, 0.1) is 0 Å². The molecule has 0 saturated heterocycles. The van der Waals surface area contributed by atoms with Crippen molar-refractivity contribution in [3.05, 3.63) is 0 Å². The van der Waals surface area contributed by atoms with Gasteiger partial charge in [0.25, 0.3) is 0 Å². The van der Waals surface area contributed by atoms with Gasteiger partial charge in [-0.15, -0.1) is 0 Å². The summed E-state index contributed by atoms with van der Waals surface area (Å²) < 4.78 is 4.45. The molecule has 0 aromatic heterocycles. The summed E-state index contributed by atoms with van der Waals surface area (Å²) in [6, 6.07) is 0. The Kier molecular flexibility index (Phi) is 3.18. The first-order valence-corrected chi connectivity index (χ1v) is 2.02. The fourth-order valence-corrected chi connectivity index (χ4v) is 0.167. The summed E-state index contributed by atoms with van der Waals surface area (Å²) in [5.74, 6) is 0. The minimum absolute atomic E-state index is 0.565. The van der Waals surface area contributed by atoms with Crippen molar-refractivity contribution in [1.82, 2.24) is 0 Å². The summed E-state index contributed by atoms with van der Waals surface area (Å²) in [6.07, 6.45) is 0.663. The van der Waals surface area contributed by atoms with E-state index in [4.69, 9.17) is 5.02 Å². The summed E-state index contributed by atoms with van der Waals surface area (Å²) in [6.45, 7) is 1.86. The minimum atomic E-state index is -0.565. The summed E-state index contributed by atoms with van der Waals surface area (Å²) >= 11 is 0. The maximum Gasteiger partial charge on any atom is 0.453 e. The van der Waals surface area contributed by atoms with Crippen LogP contribution < -0.4 is 0 Å². The van der Waals surface area contributed by atoms with Crippen molar-refractivity contribution in [2.75, 3.05) is 7.11 Å². The maximum absolute atomic E-state index is 8.44. The molecule has 0 aliphatic rings. The van der Waals surface area contributed by atoms with Gasteiger partial charge in [-0.1, -0.05) is 6.92 Å². The molecule has 0 fully saturated rings. The van der Waals surface area contributed by atoms with Crippen LogP contribution in [0.1, 0.15) is 6.92 Å². The van der Waals surface area contributed by atoms with Crippen molar-refractivity contribution in [3.63, 3.8) is 0 Å². The third-order valence-corrected chi connectivity index (χ3v) is 0.621. The van der Waals surface area contributed by atoms with E-state index < -0.39 is 7.12 Å².